The molecule has 6 heteroatoms. The highest BCUT2D eigenvalue weighted by Gasteiger charge is 2.27. The van der Waals surface area contributed by atoms with Gasteiger partial charge >= 0.3 is 0 Å². The van der Waals surface area contributed by atoms with E-state index in [9.17, 15) is 5.11 Å². The van der Waals surface area contributed by atoms with Gasteiger partial charge in [-0.25, -0.2) is 0 Å². The van der Waals surface area contributed by atoms with Gasteiger partial charge in [-0.3, -0.25) is 4.90 Å². The third-order valence-corrected chi connectivity index (χ3v) is 5.51. The molecule has 0 aliphatic carbocycles. The van der Waals surface area contributed by atoms with Crippen LogP contribution in [0.5, 0.6) is 0 Å². The van der Waals surface area contributed by atoms with Crippen molar-refractivity contribution in [3.63, 3.8) is 0 Å². The number of aromatic nitrogens is 2. The molecular weight excluding hydrogens is 334 g/mol. The van der Waals surface area contributed by atoms with Crippen LogP contribution in [0.3, 0.4) is 0 Å². The van der Waals surface area contributed by atoms with Crippen LogP contribution in [-0.4, -0.2) is 33.2 Å². The zero-order chi connectivity index (χ0) is 17.1. The predicted octanol–water partition coefficient (Wildman–Crippen LogP) is 3.74. The number of benzene rings is 1. The van der Waals surface area contributed by atoms with Gasteiger partial charge < -0.3 is 9.63 Å². The Kier molecular flexibility index (Phi) is 4.92. The monoisotopic (exact) mass is 355 g/mol. The van der Waals surface area contributed by atoms with Gasteiger partial charge in [0.05, 0.1) is 12.6 Å². The standard InChI is InChI=1S/C19H21N3O2S/c23-18(14-4-2-1-3-5-14)15-6-9-22(10-7-15)12-17-20-19(21-24-17)16-8-11-25-13-16/h1-5,8,11,13,15,18,23H,6-7,9-10,12H2. The fourth-order valence-electron chi connectivity index (χ4n) is 3.37. The number of likely N-dealkylation sites (tertiary alicyclic amines) is 1. The van der Waals surface area contributed by atoms with Crippen LogP contribution in [0, 0.1) is 5.92 Å². The molecule has 0 radical (unpaired) electrons. The smallest absolute Gasteiger partial charge is 0.241 e. The topological polar surface area (TPSA) is 62.4 Å². The maximum atomic E-state index is 10.6. The lowest BCUT2D eigenvalue weighted by Gasteiger charge is -2.33. The van der Waals surface area contributed by atoms with Crippen molar-refractivity contribution in [3.8, 4) is 11.4 Å². The summed E-state index contributed by atoms with van der Waals surface area (Å²) in [4.78, 5) is 6.80. The quantitative estimate of drug-likeness (QED) is 0.755. The van der Waals surface area contributed by atoms with E-state index in [0.717, 1.165) is 37.1 Å². The third kappa shape index (κ3) is 3.81. The molecule has 1 N–H and O–H groups in total. The Balaban J connectivity index is 1.32. The number of thiophene rings is 1. The van der Waals surface area contributed by atoms with Gasteiger partial charge in [0.25, 0.3) is 0 Å². The number of rotatable bonds is 5. The molecule has 0 amide bonds. The minimum atomic E-state index is -0.378. The summed E-state index contributed by atoms with van der Waals surface area (Å²) in [5.74, 6) is 1.62. The first-order valence-corrected chi connectivity index (χ1v) is 9.54. The van der Waals surface area contributed by atoms with E-state index >= 15 is 0 Å². The van der Waals surface area contributed by atoms with E-state index in [0.29, 0.717) is 24.2 Å². The van der Waals surface area contributed by atoms with Crippen LogP contribution in [0.2, 0.25) is 0 Å². The third-order valence-electron chi connectivity index (χ3n) is 4.83. The zero-order valence-electron chi connectivity index (χ0n) is 13.9. The SMILES string of the molecule is OC(c1ccccc1)C1CCN(Cc2nc(-c3ccsc3)no2)CC1. The van der Waals surface area contributed by atoms with Crippen molar-refractivity contribution in [2.24, 2.45) is 5.92 Å². The van der Waals surface area contributed by atoms with Crippen LogP contribution in [0.4, 0.5) is 0 Å². The number of aliphatic hydroxyl groups is 1. The van der Waals surface area contributed by atoms with Crippen LogP contribution < -0.4 is 0 Å². The predicted molar refractivity (Wildman–Crippen MR) is 97.0 cm³/mol. The summed E-state index contributed by atoms with van der Waals surface area (Å²) in [6.07, 6.45) is 1.57. The average Bonchev–Trinajstić information content (AvgIpc) is 3.34. The molecule has 0 saturated carbocycles. The molecule has 1 atom stereocenters. The molecule has 4 rings (SSSR count). The highest BCUT2D eigenvalue weighted by atomic mass is 32.1. The molecule has 1 aliphatic heterocycles. The first-order valence-electron chi connectivity index (χ1n) is 8.60. The van der Waals surface area contributed by atoms with Crippen LogP contribution in [0.15, 0.2) is 51.7 Å². The van der Waals surface area contributed by atoms with Crippen molar-refractivity contribution in [2.75, 3.05) is 13.1 Å². The second kappa shape index (κ2) is 7.47. The summed E-state index contributed by atoms with van der Waals surface area (Å²) in [7, 11) is 0. The van der Waals surface area contributed by atoms with Crippen LogP contribution in [0.25, 0.3) is 11.4 Å². The number of nitrogens with zero attached hydrogens (tertiary/aromatic N) is 3. The maximum absolute atomic E-state index is 10.6. The summed E-state index contributed by atoms with van der Waals surface area (Å²) in [5.41, 5.74) is 2.02. The van der Waals surface area contributed by atoms with Gasteiger partial charge in [0.1, 0.15) is 0 Å². The molecule has 0 bridgehead atoms. The average molecular weight is 355 g/mol. The van der Waals surface area contributed by atoms with Crippen molar-refractivity contribution in [2.45, 2.75) is 25.5 Å². The first kappa shape index (κ1) is 16.4. The van der Waals surface area contributed by atoms with E-state index in [-0.39, 0.29) is 6.10 Å². The molecule has 0 spiro atoms. The molecule has 1 saturated heterocycles. The molecule has 3 aromatic rings. The molecule has 1 aromatic carbocycles. The number of piperidine rings is 1. The fraction of sp³-hybridized carbons (Fsp3) is 0.368. The second-order valence-electron chi connectivity index (χ2n) is 6.49. The van der Waals surface area contributed by atoms with Crippen molar-refractivity contribution in [1.82, 2.24) is 15.0 Å². The molecular formula is C19H21N3O2S. The molecule has 1 unspecified atom stereocenters. The largest absolute Gasteiger partial charge is 0.388 e. The van der Waals surface area contributed by atoms with Gasteiger partial charge in [0.2, 0.25) is 11.7 Å². The fourth-order valence-corrected chi connectivity index (χ4v) is 4.00. The van der Waals surface area contributed by atoms with E-state index in [1.165, 1.54) is 0 Å². The molecule has 5 nitrogen and oxygen atoms in total. The summed E-state index contributed by atoms with van der Waals surface area (Å²) in [5, 5.41) is 18.7. The normalized spacial score (nSPS) is 17.6. The minimum absolute atomic E-state index is 0.308. The Hall–Kier alpha value is -2.02. The van der Waals surface area contributed by atoms with Crippen LogP contribution in [0.1, 0.15) is 30.4 Å². The van der Waals surface area contributed by atoms with Crippen LogP contribution >= 0.6 is 11.3 Å². The summed E-state index contributed by atoms with van der Waals surface area (Å²) >= 11 is 1.62. The summed E-state index contributed by atoms with van der Waals surface area (Å²) in [6, 6.07) is 11.9. The first-order chi connectivity index (χ1) is 12.3. The Morgan fingerprint density at radius 2 is 2.00 bits per heavy atom. The summed E-state index contributed by atoms with van der Waals surface area (Å²) in [6.45, 7) is 2.54. The Morgan fingerprint density at radius 1 is 1.20 bits per heavy atom. The maximum Gasteiger partial charge on any atom is 0.241 e. The van der Waals surface area contributed by atoms with Crippen molar-refractivity contribution < 1.29 is 9.63 Å². The molecule has 3 heterocycles. The van der Waals surface area contributed by atoms with Gasteiger partial charge in [-0.1, -0.05) is 35.5 Å². The Morgan fingerprint density at radius 3 is 2.72 bits per heavy atom. The molecule has 1 aliphatic rings. The van der Waals surface area contributed by atoms with E-state index < -0.39 is 0 Å². The molecule has 2 aromatic heterocycles. The van der Waals surface area contributed by atoms with Crippen molar-refractivity contribution in [3.05, 3.63) is 58.6 Å². The second-order valence-corrected chi connectivity index (χ2v) is 7.27. The van der Waals surface area contributed by atoms with E-state index in [1.807, 2.05) is 47.2 Å². The van der Waals surface area contributed by atoms with Gasteiger partial charge in [0.15, 0.2) is 0 Å². The zero-order valence-corrected chi connectivity index (χ0v) is 14.7. The lowest BCUT2D eigenvalue weighted by Crippen LogP contribution is -2.35. The molecule has 130 valence electrons. The lowest BCUT2D eigenvalue weighted by molar-refractivity contribution is 0.0538. The molecule has 25 heavy (non-hydrogen) atoms. The molecule has 1 fully saturated rings. The highest BCUT2D eigenvalue weighted by molar-refractivity contribution is 7.08. The van der Waals surface area contributed by atoms with Crippen LogP contribution in [-0.2, 0) is 6.54 Å². The van der Waals surface area contributed by atoms with Crippen molar-refractivity contribution >= 4 is 11.3 Å². The Labute approximate surface area is 150 Å². The van der Waals surface area contributed by atoms with Gasteiger partial charge in [-0.05, 0) is 48.9 Å². The van der Waals surface area contributed by atoms with Gasteiger partial charge in [0, 0.05) is 10.9 Å². The van der Waals surface area contributed by atoms with Gasteiger partial charge in [-0.2, -0.15) is 16.3 Å². The highest BCUT2D eigenvalue weighted by Crippen LogP contribution is 2.31. The van der Waals surface area contributed by atoms with E-state index in [1.54, 1.807) is 11.3 Å². The lowest BCUT2D eigenvalue weighted by atomic mass is 9.87. The van der Waals surface area contributed by atoms with E-state index in [2.05, 4.69) is 15.0 Å². The number of aliphatic hydroxyl groups excluding tert-OH is 1. The van der Waals surface area contributed by atoms with E-state index in [4.69, 9.17) is 4.52 Å². The minimum Gasteiger partial charge on any atom is -0.388 e. The summed E-state index contributed by atoms with van der Waals surface area (Å²) < 4.78 is 5.39. The van der Waals surface area contributed by atoms with Crippen molar-refractivity contribution in [1.29, 1.82) is 0 Å². The van der Waals surface area contributed by atoms with Gasteiger partial charge in [-0.15, -0.1) is 0 Å². The number of hydrogen-bond acceptors (Lipinski definition) is 6. The number of hydrogen-bond donors (Lipinski definition) is 1. The Bertz CT molecular complexity index is 780.